The molecule has 0 radical (unpaired) electrons. The topological polar surface area (TPSA) is 67.5 Å². The number of benzene rings is 1. The number of rotatable bonds is 3. The molecule has 0 unspecified atom stereocenters. The van der Waals surface area contributed by atoms with Crippen LogP contribution in [0.15, 0.2) is 30.5 Å². The fourth-order valence-corrected chi connectivity index (χ4v) is 2.75. The highest BCUT2D eigenvalue weighted by Crippen LogP contribution is 2.23. The van der Waals surface area contributed by atoms with Gasteiger partial charge in [0.2, 0.25) is 0 Å². The SMILES string of the molecule is Cc1nc2c(C(=O)O)cnn2c(C)c1Cc1ccccc1Cl. The number of hydrogen-bond acceptors (Lipinski definition) is 3. The molecule has 5 nitrogen and oxygen atoms in total. The Balaban J connectivity index is 2.15. The van der Waals surface area contributed by atoms with Crippen LogP contribution in [0.25, 0.3) is 5.65 Å². The Morgan fingerprint density at radius 1 is 1.32 bits per heavy atom. The van der Waals surface area contributed by atoms with E-state index >= 15 is 0 Å². The van der Waals surface area contributed by atoms with Crippen LogP contribution in [0.1, 0.15) is 32.9 Å². The third kappa shape index (κ3) is 2.33. The van der Waals surface area contributed by atoms with Gasteiger partial charge < -0.3 is 5.11 Å². The highest BCUT2D eigenvalue weighted by Gasteiger charge is 2.18. The summed E-state index contributed by atoms with van der Waals surface area (Å²) in [5, 5.41) is 14.0. The Morgan fingerprint density at radius 2 is 2.05 bits per heavy atom. The molecule has 2 heterocycles. The minimum absolute atomic E-state index is 0.107. The summed E-state index contributed by atoms with van der Waals surface area (Å²) in [7, 11) is 0. The zero-order chi connectivity index (χ0) is 15.9. The fourth-order valence-electron chi connectivity index (χ4n) is 2.55. The number of carboxylic acids is 1. The summed E-state index contributed by atoms with van der Waals surface area (Å²) in [4.78, 5) is 15.6. The first-order chi connectivity index (χ1) is 10.5. The number of fused-ring (bicyclic) bond motifs is 1. The molecule has 0 aliphatic carbocycles. The third-order valence-electron chi connectivity index (χ3n) is 3.76. The lowest BCUT2D eigenvalue weighted by Gasteiger charge is -2.12. The lowest BCUT2D eigenvalue weighted by Crippen LogP contribution is -2.07. The van der Waals surface area contributed by atoms with Crippen molar-refractivity contribution in [2.75, 3.05) is 0 Å². The van der Waals surface area contributed by atoms with Crippen molar-refractivity contribution in [2.45, 2.75) is 20.3 Å². The van der Waals surface area contributed by atoms with Gasteiger partial charge in [0.25, 0.3) is 0 Å². The molecule has 3 aromatic rings. The molecule has 0 aliphatic rings. The van der Waals surface area contributed by atoms with Gasteiger partial charge in [-0.3, -0.25) is 0 Å². The van der Waals surface area contributed by atoms with Gasteiger partial charge in [-0.15, -0.1) is 0 Å². The average Bonchev–Trinajstić information content (AvgIpc) is 2.89. The van der Waals surface area contributed by atoms with Crippen molar-refractivity contribution in [1.29, 1.82) is 0 Å². The van der Waals surface area contributed by atoms with E-state index < -0.39 is 5.97 Å². The Labute approximate surface area is 132 Å². The lowest BCUT2D eigenvalue weighted by molar-refractivity contribution is 0.0699. The zero-order valence-corrected chi connectivity index (χ0v) is 12.9. The van der Waals surface area contributed by atoms with Gasteiger partial charge in [-0.2, -0.15) is 5.10 Å². The maximum absolute atomic E-state index is 11.2. The average molecular weight is 316 g/mol. The number of nitrogens with zero attached hydrogens (tertiary/aromatic N) is 3. The normalized spacial score (nSPS) is 11.0. The fraction of sp³-hybridized carbons (Fsp3) is 0.188. The van der Waals surface area contributed by atoms with E-state index in [4.69, 9.17) is 11.6 Å². The van der Waals surface area contributed by atoms with Crippen molar-refractivity contribution in [3.63, 3.8) is 0 Å². The molecular formula is C16H14ClN3O2. The van der Waals surface area contributed by atoms with Gasteiger partial charge in [-0.1, -0.05) is 29.8 Å². The van der Waals surface area contributed by atoms with E-state index in [0.717, 1.165) is 22.5 Å². The van der Waals surface area contributed by atoms with Gasteiger partial charge >= 0.3 is 5.97 Å². The molecule has 0 bridgehead atoms. The summed E-state index contributed by atoms with van der Waals surface area (Å²) in [5.74, 6) is -1.03. The lowest BCUT2D eigenvalue weighted by atomic mass is 10.0. The van der Waals surface area contributed by atoms with E-state index in [2.05, 4.69) is 10.1 Å². The molecule has 0 amide bonds. The van der Waals surface area contributed by atoms with Gasteiger partial charge in [0, 0.05) is 22.8 Å². The van der Waals surface area contributed by atoms with Gasteiger partial charge in [-0.25, -0.2) is 14.3 Å². The number of aryl methyl sites for hydroxylation is 2. The Morgan fingerprint density at radius 3 is 2.73 bits per heavy atom. The van der Waals surface area contributed by atoms with Crippen LogP contribution in [-0.2, 0) is 6.42 Å². The Bertz CT molecular complexity index is 886. The molecule has 0 aliphatic heterocycles. The van der Waals surface area contributed by atoms with Gasteiger partial charge in [0.1, 0.15) is 5.56 Å². The summed E-state index contributed by atoms with van der Waals surface area (Å²) in [6.45, 7) is 3.78. The van der Waals surface area contributed by atoms with Crippen LogP contribution in [0.4, 0.5) is 0 Å². The van der Waals surface area contributed by atoms with Crippen molar-refractivity contribution >= 4 is 23.2 Å². The minimum atomic E-state index is -1.03. The predicted molar refractivity (Wildman–Crippen MR) is 83.7 cm³/mol. The number of hydrogen-bond donors (Lipinski definition) is 1. The standard InChI is InChI=1S/C16H14ClN3O2/c1-9-12(7-11-5-3-4-6-14(11)17)10(2)20-15(19-9)13(8-18-20)16(21)22/h3-6,8H,7H2,1-2H3,(H,21,22). The number of carbonyl (C=O) groups is 1. The molecule has 0 saturated heterocycles. The van der Waals surface area contributed by atoms with Crippen LogP contribution in [0.2, 0.25) is 5.02 Å². The van der Waals surface area contributed by atoms with E-state index in [1.54, 1.807) is 4.52 Å². The van der Waals surface area contributed by atoms with Gasteiger partial charge in [0.15, 0.2) is 5.65 Å². The monoisotopic (exact) mass is 315 g/mol. The predicted octanol–water partition coefficient (Wildman–Crippen LogP) is 3.29. The van der Waals surface area contributed by atoms with Gasteiger partial charge in [0.05, 0.1) is 6.20 Å². The highest BCUT2D eigenvalue weighted by molar-refractivity contribution is 6.31. The highest BCUT2D eigenvalue weighted by atomic mass is 35.5. The van der Waals surface area contributed by atoms with E-state index in [1.165, 1.54) is 6.20 Å². The van der Waals surface area contributed by atoms with Crippen LogP contribution in [0.5, 0.6) is 0 Å². The van der Waals surface area contributed by atoms with E-state index in [-0.39, 0.29) is 5.56 Å². The van der Waals surface area contributed by atoms with Crippen LogP contribution in [0.3, 0.4) is 0 Å². The van der Waals surface area contributed by atoms with Crippen molar-refractivity contribution in [1.82, 2.24) is 14.6 Å². The summed E-state index contributed by atoms with van der Waals surface area (Å²) < 4.78 is 1.57. The molecule has 0 fully saturated rings. The van der Waals surface area contributed by atoms with Crippen molar-refractivity contribution in [3.8, 4) is 0 Å². The second kappa shape index (κ2) is 5.42. The number of aromatic nitrogens is 3. The number of carboxylic acid groups (broad SMARTS) is 1. The molecule has 2 aromatic heterocycles. The molecule has 1 N–H and O–H groups in total. The second-order valence-electron chi connectivity index (χ2n) is 5.13. The molecular weight excluding hydrogens is 302 g/mol. The quantitative estimate of drug-likeness (QED) is 0.805. The van der Waals surface area contributed by atoms with Crippen LogP contribution < -0.4 is 0 Å². The first-order valence-corrected chi connectivity index (χ1v) is 7.17. The van der Waals surface area contributed by atoms with Crippen LogP contribution in [0, 0.1) is 13.8 Å². The summed E-state index contributed by atoms with van der Waals surface area (Å²) in [6.07, 6.45) is 1.96. The smallest absolute Gasteiger partial charge is 0.341 e. The van der Waals surface area contributed by atoms with Gasteiger partial charge in [-0.05, 0) is 31.0 Å². The minimum Gasteiger partial charge on any atom is -0.477 e. The molecule has 22 heavy (non-hydrogen) atoms. The molecule has 3 rings (SSSR count). The van der Waals surface area contributed by atoms with Crippen molar-refractivity contribution in [2.24, 2.45) is 0 Å². The zero-order valence-electron chi connectivity index (χ0n) is 12.2. The Hall–Kier alpha value is -2.40. The van der Waals surface area contributed by atoms with E-state index in [9.17, 15) is 9.90 Å². The maximum atomic E-state index is 11.2. The first-order valence-electron chi connectivity index (χ1n) is 6.79. The summed E-state index contributed by atoms with van der Waals surface area (Å²) >= 11 is 6.22. The number of halogens is 1. The maximum Gasteiger partial charge on any atom is 0.341 e. The van der Waals surface area contributed by atoms with Crippen molar-refractivity contribution in [3.05, 3.63) is 63.6 Å². The Kier molecular flexibility index (Phi) is 3.58. The number of aromatic carboxylic acids is 1. The van der Waals surface area contributed by atoms with Crippen LogP contribution >= 0.6 is 11.6 Å². The summed E-state index contributed by atoms with van der Waals surface area (Å²) in [5.41, 5.74) is 4.13. The molecule has 0 spiro atoms. The third-order valence-corrected chi connectivity index (χ3v) is 4.13. The molecule has 0 saturated carbocycles. The summed E-state index contributed by atoms with van der Waals surface area (Å²) in [6, 6.07) is 7.65. The molecule has 6 heteroatoms. The molecule has 0 atom stereocenters. The van der Waals surface area contributed by atoms with E-state index in [1.807, 2.05) is 38.1 Å². The van der Waals surface area contributed by atoms with Crippen LogP contribution in [-0.4, -0.2) is 25.7 Å². The largest absolute Gasteiger partial charge is 0.477 e. The molecule has 1 aromatic carbocycles. The second-order valence-corrected chi connectivity index (χ2v) is 5.54. The first kappa shape index (κ1) is 14.5. The van der Waals surface area contributed by atoms with E-state index in [0.29, 0.717) is 17.1 Å². The van der Waals surface area contributed by atoms with Crippen molar-refractivity contribution < 1.29 is 9.90 Å². The molecule has 112 valence electrons.